The zero-order chi connectivity index (χ0) is 21.2. The van der Waals surface area contributed by atoms with Crippen LogP contribution in [0.15, 0.2) is 42.5 Å². The van der Waals surface area contributed by atoms with Gasteiger partial charge in [-0.15, -0.1) is 0 Å². The Hall–Kier alpha value is -3.17. The lowest BCUT2D eigenvalue weighted by atomic mass is 10.0. The number of anilines is 1. The molecule has 0 spiro atoms. The predicted molar refractivity (Wildman–Crippen MR) is 110 cm³/mol. The number of nitrogens with zero attached hydrogens (tertiary/aromatic N) is 1. The molecule has 1 N–H and O–H groups in total. The molecule has 150 valence electrons. The predicted octanol–water partition coefficient (Wildman–Crippen LogP) is 4.31. The number of amides is 1. The Morgan fingerprint density at radius 3 is 2.45 bits per heavy atom. The molecule has 0 radical (unpaired) electrons. The molecule has 0 bridgehead atoms. The molecule has 0 unspecified atom stereocenters. The van der Waals surface area contributed by atoms with E-state index in [1.54, 1.807) is 12.1 Å². The molecule has 0 aromatic heterocycles. The van der Waals surface area contributed by atoms with E-state index < -0.39 is 18.5 Å². The Morgan fingerprint density at radius 2 is 1.83 bits per heavy atom. The second-order valence-electron chi connectivity index (χ2n) is 6.39. The van der Waals surface area contributed by atoms with E-state index in [1.165, 1.54) is 18.2 Å². The largest absolute Gasteiger partial charge is 0.456 e. The van der Waals surface area contributed by atoms with Gasteiger partial charge >= 0.3 is 5.97 Å². The summed E-state index contributed by atoms with van der Waals surface area (Å²) in [4.78, 5) is 35.8. The van der Waals surface area contributed by atoms with E-state index >= 15 is 0 Å². The molecule has 1 amide bonds. The van der Waals surface area contributed by atoms with Gasteiger partial charge in [-0.25, -0.2) is 0 Å². The molecule has 6 nitrogen and oxygen atoms in total. The van der Waals surface area contributed by atoms with Crippen molar-refractivity contribution in [2.45, 2.75) is 32.6 Å². The van der Waals surface area contributed by atoms with Gasteiger partial charge in [0, 0.05) is 17.7 Å². The summed E-state index contributed by atoms with van der Waals surface area (Å²) >= 11 is 5.90. The lowest BCUT2D eigenvalue weighted by molar-refractivity contribution is -0.147. The summed E-state index contributed by atoms with van der Waals surface area (Å²) < 4.78 is 4.90. The van der Waals surface area contributed by atoms with Gasteiger partial charge in [-0.05, 0) is 30.2 Å². The number of rotatable bonds is 9. The van der Waals surface area contributed by atoms with E-state index in [0.29, 0.717) is 16.8 Å². The van der Waals surface area contributed by atoms with Crippen molar-refractivity contribution in [2.24, 2.45) is 0 Å². The first-order valence-electron chi connectivity index (χ1n) is 9.20. The van der Waals surface area contributed by atoms with Gasteiger partial charge in [-0.1, -0.05) is 49.2 Å². The first-order chi connectivity index (χ1) is 13.9. The van der Waals surface area contributed by atoms with E-state index in [1.807, 2.05) is 18.2 Å². The fourth-order valence-electron chi connectivity index (χ4n) is 2.60. The summed E-state index contributed by atoms with van der Waals surface area (Å²) in [5.41, 5.74) is 2.39. The van der Waals surface area contributed by atoms with Crippen molar-refractivity contribution in [1.29, 1.82) is 5.26 Å². The Labute approximate surface area is 174 Å². The number of nitriles is 1. The molecule has 0 aliphatic heterocycles. The summed E-state index contributed by atoms with van der Waals surface area (Å²) in [6, 6.07) is 13.7. The smallest absolute Gasteiger partial charge is 0.306 e. The lowest BCUT2D eigenvalue weighted by Gasteiger charge is -2.07. The van der Waals surface area contributed by atoms with Crippen molar-refractivity contribution in [3.05, 3.63) is 64.2 Å². The van der Waals surface area contributed by atoms with Crippen LogP contribution in [0.1, 0.15) is 47.7 Å². The van der Waals surface area contributed by atoms with Gasteiger partial charge in [-0.2, -0.15) is 5.26 Å². The topological polar surface area (TPSA) is 96.3 Å². The highest BCUT2D eigenvalue weighted by atomic mass is 35.5. The third kappa shape index (κ3) is 7.05. The van der Waals surface area contributed by atoms with Crippen LogP contribution in [0.3, 0.4) is 0 Å². The van der Waals surface area contributed by atoms with Crippen LogP contribution in [-0.4, -0.2) is 24.3 Å². The third-order valence-electron chi connectivity index (χ3n) is 4.11. The second kappa shape index (κ2) is 11.0. The van der Waals surface area contributed by atoms with Gasteiger partial charge in [0.1, 0.15) is 6.07 Å². The number of carbonyl (C=O) groups is 3. The van der Waals surface area contributed by atoms with Gasteiger partial charge in [0.05, 0.1) is 17.0 Å². The monoisotopic (exact) mass is 412 g/mol. The number of hydrogen-bond donors (Lipinski definition) is 1. The van der Waals surface area contributed by atoms with Gasteiger partial charge in [-0.3, -0.25) is 14.4 Å². The van der Waals surface area contributed by atoms with Crippen LogP contribution in [0.4, 0.5) is 5.69 Å². The zero-order valence-corrected chi connectivity index (χ0v) is 16.8. The molecule has 0 atom stereocenters. The summed E-state index contributed by atoms with van der Waals surface area (Å²) in [5, 5.41) is 11.6. The molecule has 2 aromatic rings. The standard InChI is InChI=1S/C22H21ClN2O4/c1-2-3-15-4-6-16(7-5-15)20(26)10-11-22(28)29-14-21(27)25-18-9-8-17(13-24)19(23)12-18/h4-9,12H,2-3,10-11,14H2,1H3,(H,25,27). The summed E-state index contributed by atoms with van der Waals surface area (Å²) in [5.74, 6) is -1.33. The van der Waals surface area contributed by atoms with Crippen LogP contribution >= 0.6 is 11.6 Å². The molecular formula is C22H21ClN2O4. The Balaban J connectivity index is 1.74. The number of ether oxygens (including phenoxy) is 1. The Bertz CT molecular complexity index is 933. The van der Waals surface area contributed by atoms with Crippen LogP contribution in [0, 0.1) is 11.3 Å². The van der Waals surface area contributed by atoms with Gasteiger partial charge in [0.25, 0.3) is 5.91 Å². The number of benzene rings is 2. The van der Waals surface area contributed by atoms with Crippen molar-refractivity contribution in [1.82, 2.24) is 0 Å². The maximum Gasteiger partial charge on any atom is 0.306 e. The van der Waals surface area contributed by atoms with Crippen LogP contribution in [0.5, 0.6) is 0 Å². The minimum atomic E-state index is -0.631. The number of Topliss-reactive ketones (excluding diaryl/α,β-unsaturated/α-hetero) is 1. The number of nitrogens with one attached hydrogen (secondary N) is 1. The summed E-state index contributed by atoms with van der Waals surface area (Å²) in [6.07, 6.45) is 1.90. The normalized spacial score (nSPS) is 10.1. The maximum absolute atomic E-state index is 12.2. The average Bonchev–Trinajstić information content (AvgIpc) is 2.71. The number of carbonyl (C=O) groups excluding carboxylic acids is 3. The third-order valence-corrected chi connectivity index (χ3v) is 4.42. The van der Waals surface area contributed by atoms with Crippen molar-refractivity contribution >= 4 is 34.9 Å². The summed E-state index contributed by atoms with van der Waals surface area (Å²) in [7, 11) is 0. The highest BCUT2D eigenvalue weighted by Gasteiger charge is 2.12. The first-order valence-corrected chi connectivity index (χ1v) is 9.58. The molecule has 2 rings (SSSR count). The lowest BCUT2D eigenvalue weighted by Crippen LogP contribution is -2.21. The number of halogens is 1. The molecule has 0 saturated heterocycles. The number of hydrogen-bond acceptors (Lipinski definition) is 5. The van der Waals surface area contributed by atoms with Crippen molar-refractivity contribution in [2.75, 3.05) is 11.9 Å². The highest BCUT2D eigenvalue weighted by Crippen LogP contribution is 2.20. The van der Waals surface area contributed by atoms with Crippen LogP contribution in [0.2, 0.25) is 5.02 Å². The molecule has 0 heterocycles. The second-order valence-corrected chi connectivity index (χ2v) is 6.79. The van der Waals surface area contributed by atoms with Gasteiger partial charge < -0.3 is 10.1 Å². The highest BCUT2D eigenvalue weighted by molar-refractivity contribution is 6.32. The molecule has 0 aliphatic carbocycles. The van der Waals surface area contributed by atoms with E-state index in [9.17, 15) is 14.4 Å². The molecule has 0 aliphatic rings. The van der Waals surface area contributed by atoms with E-state index in [4.69, 9.17) is 21.6 Å². The Morgan fingerprint density at radius 1 is 1.10 bits per heavy atom. The Kier molecular flexibility index (Phi) is 8.38. The van der Waals surface area contributed by atoms with Crippen LogP contribution < -0.4 is 5.32 Å². The van der Waals surface area contributed by atoms with Gasteiger partial charge in [0.2, 0.25) is 0 Å². The number of aryl methyl sites for hydroxylation is 1. The molecule has 0 fully saturated rings. The van der Waals surface area contributed by atoms with Gasteiger partial charge in [0.15, 0.2) is 12.4 Å². The molecule has 7 heteroatoms. The average molecular weight is 413 g/mol. The quantitative estimate of drug-likeness (QED) is 0.489. The van der Waals surface area contributed by atoms with Crippen LogP contribution in [-0.2, 0) is 20.7 Å². The van der Waals surface area contributed by atoms with Crippen molar-refractivity contribution < 1.29 is 19.1 Å². The van der Waals surface area contributed by atoms with E-state index in [0.717, 1.165) is 18.4 Å². The van der Waals surface area contributed by atoms with E-state index in [-0.39, 0.29) is 23.6 Å². The van der Waals surface area contributed by atoms with Crippen molar-refractivity contribution in [3.8, 4) is 6.07 Å². The first kappa shape index (κ1) is 22.1. The SMILES string of the molecule is CCCc1ccc(C(=O)CCC(=O)OCC(=O)Nc2ccc(C#N)c(Cl)c2)cc1. The van der Waals surface area contributed by atoms with E-state index in [2.05, 4.69) is 12.2 Å². The van der Waals surface area contributed by atoms with Crippen molar-refractivity contribution in [3.63, 3.8) is 0 Å². The molecule has 0 saturated carbocycles. The number of esters is 1. The molecular weight excluding hydrogens is 392 g/mol. The maximum atomic E-state index is 12.2. The minimum absolute atomic E-state index is 0.0127. The minimum Gasteiger partial charge on any atom is -0.456 e. The summed E-state index contributed by atoms with van der Waals surface area (Å²) in [6.45, 7) is 1.61. The fraction of sp³-hybridized carbons (Fsp3) is 0.273. The molecule has 2 aromatic carbocycles. The van der Waals surface area contributed by atoms with Crippen LogP contribution in [0.25, 0.3) is 0 Å². The number of ketones is 1. The fourth-order valence-corrected chi connectivity index (χ4v) is 2.83. The zero-order valence-electron chi connectivity index (χ0n) is 16.0. The molecule has 29 heavy (non-hydrogen) atoms.